The highest BCUT2D eigenvalue weighted by molar-refractivity contribution is 7.45. The van der Waals surface area contributed by atoms with E-state index in [0.717, 1.165) is 19.1 Å². The third kappa shape index (κ3) is 9.95. The molecule has 6 nitrogen and oxygen atoms in total. The van der Waals surface area contributed by atoms with E-state index in [0.29, 0.717) is 0 Å². The van der Waals surface area contributed by atoms with Crippen molar-refractivity contribution in [3.8, 4) is 0 Å². The van der Waals surface area contributed by atoms with Gasteiger partial charge in [0.05, 0.1) is 0 Å². The second kappa shape index (κ2) is 5.70. The Morgan fingerprint density at radius 2 is 1.92 bits per heavy atom. The van der Waals surface area contributed by atoms with E-state index in [4.69, 9.17) is 19.2 Å². The minimum atomic E-state index is -4.64. The molecule has 4 N–H and O–H groups in total. The zero-order valence-corrected chi connectivity index (χ0v) is 8.74. The van der Waals surface area contributed by atoms with Crippen molar-refractivity contribution in [3.63, 3.8) is 0 Å². The molecule has 0 spiro atoms. The Bertz CT molecular complexity index is 165. The molecule has 1 aliphatic rings. The fraction of sp³-hybridized carbons (Fsp3) is 1.00. The van der Waals surface area contributed by atoms with Crippen LogP contribution in [-0.2, 0) is 4.57 Å². The molecule has 0 aromatic carbocycles. The van der Waals surface area contributed by atoms with E-state index >= 15 is 0 Å². The maximum atomic E-state index is 8.88. The molecule has 1 aliphatic heterocycles. The van der Waals surface area contributed by atoms with E-state index in [2.05, 4.69) is 24.2 Å². The van der Waals surface area contributed by atoms with Gasteiger partial charge in [0.25, 0.3) is 0 Å². The zero-order chi connectivity index (χ0) is 10.5. The monoisotopic (exact) mass is 212 g/mol. The fourth-order valence-corrected chi connectivity index (χ4v) is 0.943. The van der Waals surface area contributed by atoms with Crippen LogP contribution in [0.2, 0.25) is 0 Å². The Morgan fingerprint density at radius 3 is 2.15 bits per heavy atom. The molecule has 0 amide bonds. The van der Waals surface area contributed by atoms with Gasteiger partial charge in [0, 0.05) is 25.7 Å². The summed E-state index contributed by atoms with van der Waals surface area (Å²) in [4.78, 5) is 23.9. The normalized spacial score (nSPS) is 24.8. The average Bonchev–Trinajstić information content (AvgIpc) is 1.92. The summed E-state index contributed by atoms with van der Waals surface area (Å²) in [7, 11) is -2.47. The molecule has 1 rings (SSSR count). The van der Waals surface area contributed by atoms with Gasteiger partial charge >= 0.3 is 7.82 Å². The van der Waals surface area contributed by atoms with Gasteiger partial charge in [-0.2, -0.15) is 0 Å². The Balaban J connectivity index is 0.000000252. The Labute approximate surface area is 77.8 Å². The van der Waals surface area contributed by atoms with Crippen LogP contribution < -0.4 is 5.32 Å². The van der Waals surface area contributed by atoms with E-state index < -0.39 is 7.82 Å². The molecule has 0 aliphatic carbocycles. The fourth-order valence-electron chi connectivity index (χ4n) is 0.943. The second-order valence-corrected chi connectivity index (χ2v) is 4.07. The first-order chi connectivity index (χ1) is 5.80. The van der Waals surface area contributed by atoms with Crippen LogP contribution in [-0.4, -0.2) is 52.3 Å². The van der Waals surface area contributed by atoms with E-state index in [1.807, 2.05) is 0 Å². The van der Waals surface area contributed by atoms with Crippen molar-refractivity contribution < 1.29 is 19.2 Å². The molecular formula is C6H17N2O4P. The van der Waals surface area contributed by atoms with E-state index in [1.165, 1.54) is 6.54 Å². The van der Waals surface area contributed by atoms with Crippen LogP contribution in [0.4, 0.5) is 0 Å². The molecule has 1 saturated heterocycles. The minimum absolute atomic E-state index is 0.726. The Kier molecular flexibility index (Phi) is 5.71. The second-order valence-electron chi connectivity index (χ2n) is 3.05. The lowest BCUT2D eigenvalue weighted by atomic mass is 10.2. The van der Waals surface area contributed by atoms with Crippen molar-refractivity contribution in [1.29, 1.82) is 0 Å². The number of hydrogen-bond donors (Lipinski definition) is 4. The molecule has 1 fully saturated rings. The molecular weight excluding hydrogens is 195 g/mol. The number of nitrogens with one attached hydrogen (secondary N) is 1. The highest BCUT2D eigenvalue weighted by atomic mass is 31.2. The average molecular weight is 212 g/mol. The quantitative estimate of drug-likeness (QED) is 0.384. The number of phosphoric acid groups is 1. The standard InChI is InChI=1S/C6H14N2.H3O4P/c1-6-5-7-3-4-8(6)2;1-5(2,3)4/h6-7H,3-5H2,1-2H3;(H3,1,2,3,4). The number of nitrogens with zero attached hydrogens (tertiary/aromatic N) is 1. The van der Waals surface area contributed by atoms with Crippen LogP contribution >= 0.6 is 7.82 Å². The smallest absolute Gasteiger partial charge is 0.314 e. The summed E-state index contributed by atoms with van der Waals surface area (Å²) < 4.78 is 8.88. The van der Waals surface area contributed by atoms with Crippen molar-refractivity contribution in [2.24, 2.45) is 0 Å². The van der Waals surface area contributed by atoms with Gasteiger partial charge < -0.3 is 24.9 Å². The van der Waals surface area contributed by atoms with Gasteiger partial charge in [0.15, 0.2) is 0 Å². The molecule has 0 saturated carbocycles. The SMILES string of the molecule is CC1CNCCN1C.O=P(O)(O)O. The third-order valence-corrected chi connectivity index (χ3v) is 1.83. The summed E-state index contributed by atoms with van der Waals surface area (Å²) >= 11 is 0. The highest BCUT2D eigenvalue weighted by Crippen LogP contribution is 2.25. The summed E-state index contributed by atoms with van der Waals surface area (Å²) in [5, 5.41) is 3.32. The van der Waals surface area contributed by atoms with E-state index in [9.17, 15) is 0 Å². The third-order valence-electron chi connectivity index (χ3n) is 1.83. The summed E-state index contributed by atoms with van der Waals surface area (Å²) in [6.07, 6.45) is 0. The van der Waals surface area contributed by atoms with Crippen LogP contribution in [0.1, 0.15) is 6.92 Å². The number of likely N-dealkylation sites (N-methyl/N-ethyl adjacent to an activating group) is 1. The summed E-state index contributed by atoms with van der Waals surface area (Å²) in [6.45, 7) is 5.74. The lowest BCUT2D eigenvalue weighted by Gasteiger charge is -2.29. The van der Waals surface area contributed by atoms with Crippen LogP contribution in [0.15, 0.2) is 0 Å². The van der Waals surface area contributed by atoms with Crippen LogP contribution in [0, 0.1) is 0 Å². The molecule has 1 atom stereocenters. The number of hydrogen-bond acceptors (Lipinski definition) is 3. The van der Waals surface area contributed by atoms with Crippen molar-refractivity contribution in [3.05, 3.63) is 0 Å². The van der Waals surface area contributed by atoms with E-state index in [1.54, 1.807) is 0 Å². The molecule has 80 valence electrons. The first-order valence-electron chi connectivity index (χ1n) is 4.00. The lowest BCUT2D eigenvalue weighted by Crippen LogP contribution is -2.47. The summed E-state index contributed by atoms with van der Waals surface area (Å²) in [6, 6.07) is 0.726. The van der Waals surface area contributed by atoms with Gasteiger partial charge in [0.2, 0.25) is 0 Å². The van der Waals surface area contributed by atoms with E-state index in [-0.39, 0.29) is 0 Å². The zero-order valence-electron chi connectivity index (χ0n) is 7.84. The van der Waals surface area contributed by atoms with Gasteiger partial charge in [0.1, 0.15) is 0 Å². The maximum absolute atomic E-state index is 8.88. The summed E-state index contributed by atoms with van der Waals surface area (Å²) in [5.74, 6) is 0. The number of piperazine rings is 1. The molecule has 1 unspecified atom stereocenters. The van der Waals surface area contributed by atoms with Gasteiger partial charge in [-0.05, 0) is 14.0 Å². The minimum Gasteiger partial charge on any atom is -0.314 e. The highest BCUT2D eigenvalue weighted by Gasteiger charge is 2.11. The Hall–Kier alpha value is 0.0300. The molecule has 7 heteroatoms. The van der Waals surface area contributed by atoms with Crippen LogP contribution in [0.5, 0.6) is 0 Å². The lowest BCUT2D eigenvalue weighted by molar-refractivity contribution is 0.215. The van der Waals surface area contributed by atoms with Gasteiger partial charge in [-0.25, -0.2) is 4.57 Å². The molecule has 0 radical (unpaired) electrons. The summed E-state index contributed by atoms with van der Waals surface area (Å²) in [5.41, 5.74) is 0. The van der Waals surface area contributed by atoms with Crippen molar-refractivity contribution >= 4 is 7.82 Å². The predicted octanol–water partition coefficient (Wildman–Crippen LogP) is -1.02. The molecule has 13 heavy (non-hydrogen) atoms. The maximum Gasteiger partial charge on any atom is 0.466 e. The first-order valence-corrected chi connectivity index (χ1v) is 5.56. The topological polar surface area (TPSA) is 93.0 Å². The molecule has 0 bridgehead atoms. The largest absolute Gasteiger partial charge is 0.466 e. The van der Waals surface area contributed by atoms with Crippen molar-refractivity contribution in [2.45, 2.75) is 13.0 Å². The Morgan fingerprint density at radius 1 is 1.46 bits per heavy atom. The van der Waals surface area contributed by atoms with Gasteiger partial charge in [-0.15, -0.1) is 0 Å². The molecule has 0 aromatic heterocycles. The van der Waals surface area contributed by atoms with Gasteiger partial charge in [-0.3, -0.25) is 0 Å². The van der Waals surface area contributed by atoms with Crippen LogP contribution in [0.3, 0.4) is 0 Å². The first kappa shape index (κ1) is 13.0. The number of rotatable bonds is 0. The molecule has 1 heterocycles. The molecule has 0 aromatic rings. The van der Waals surface area contributed by atoms with Crippen molar-refractivity contribution in [2.75, 3.05) is 26.7 Å². The van der Waals surface area contributed by atoms with Crippen LogP contribution in [0.25, 0.3) is 0 Å². The van der Waals surface area contributed by atoms with Crippen molar-refractivity contribution in [1.82, 2.24) is 10.2 Å². The predicted molar refractivity (Wildman–Crippen MR) is 49.2 cm³/mol. The van der Waals surface area contributed by atoms with Gasteiger partial charge in [-0.1, -0.05) is 0 Å².